The standard InChI is InChI=1S/C17H25FN2O/c1-20(10-14-3-2-4-15(18)9-14)12-17(7-8-21-13-17)11-19-16-5-6-16/h2-4,9,16,19H,5-8,10-13H2,1H3. The molecule has 1 saturated heterocycles. The van der Waals surface area contributed by atoms with Crippen LogP contribution in [0.1, 0.15) is 24.8 Å². The van der Waals surface area contributed by atoms with Crippen molar-refractivity contribution in [1.82, 2.24) is 10.2 Å². The van der Waals surface area contributed by atoms with E-state index in [1.165, 1.54) is 18.9 Å². The first-order valence-electron chi connectivity index (χ1n) is 7.89. The molecule has 1 aliphatic heterocycles. The van der Waals surface area contributed by atoms with Crippen LogP contribution >= 0.6 is 0 Å². The Labute approximate surface area is 126 Å². The third-order valence-electron chi connectivity index (χ3n) is 4.47. The Morgan fingerprint density at radius 3 is 2.95 bits per heavy atom. The first-order valence-corrected chi connectivity index (χ1v) is 7.89. The van der Waals surface area contributed by atoms with Gasteiger partial charge in [0, 0.05) is 37.7 Å². The van der Waals surface area contributed by atoms with E-state index in [9.17, 15) is 4.39 Å². The van der Waals surface area contributed by atoms with Crippen LogP contribution in [0, 0.1) is 11.2 Å². The van der Waals surface area contributed by atoms with Gasteiger partial charge in [0.05, 0.1) is 6.61 Å². The highest BCUT2D eigenvalue weighted by molar-refractivity contribution is 5.16. The minimum absolute atomic E-state index is 0.157. The van der Waals surface area contributed by atoms with Gasteiger partial charge in [-0.15, -0.1) is 0 Å². The Hall–Kier alpha value is -0.970. The van der Waals surface area contributed by atoms with Crippen LogP contribution in [0.4, 0.5) is 4.39 Å². The van der Waals surface area contributed by atoms with Crippen LogP contribution in [0.2, 0.25) is 0 Å². The second kappa shape index (κ2) is 6.42. The van der Waals surface area contributed by atoms with E-state index < -0.39 is 0 Å². The smallest absolute Gasteiger partial charge is 0.123 e. The van der Waals surface area contributed by atoms with Gasteiger partial charge in [0.1, 0.15) is 5.82 Å². The summed E-state index contributed by atoms with van der Waals surface area (Å²) in [5.41, 5.74) is 1.24. The van der Waals surface area contributed by atoms with Crippen molar-refractivity contribution in [3.63, 3.8) is 0 Å². The lowest BCUT2D eigenvalue weighted by Crippen LogP contribution is -2.44. The van der Waals surface area contributed by atoms with Gasteiger partial charge in [0.25, 0.3) is 0 Å². The van der Waals surface area contributed by atoms with Gasteiger partial charge in [-0.25, -0.2) is 4.39 Å². The third kappa shape index (κ3) is 4.25. The van der Waals surface area contributed by atoms with E-state index in [1.54, 1.807) is 12.1 Å². The number of benzene rings is 1. The SMILES string of the molecule is CN(Cc1cccc(F)c1)CC1(CNC2CC2)CCOC1. The van der Waals surface area contributed by atoms with Crippen LogP contribution < -0.4 is 5.32 Å². The zero-order chi connectivity index (χ0) is 14.7. The van der Waals surface area contributed by atoms with Crippen molar-refractivity contribution in [2.24, 2.45) is 5.41 Å². The molecule has 1 aromatic rings. The number of nitrogens with zero attached hydrogens (tertiary/aromatic N) is 1. The zero-order valence-electron chi connectivity index (χ0n) is 12.8. The molecule has 4 heteroatoms. The number of halogens is 1. The Morgan fingerprint density at radius 2 is 2.29 bits per heavy atom. The Morgan fingerprint density at radius 1 is 1.43 bits per heavy atom. The molecule has 1 N–H and O–H groups in total. The topological polar surface area (TPSA) is 24.5 Å². The van der Waals surface area contributed by atoms with Crippen molar-refractivity contribution in [1.29, 1.82) is 0 Å². The molecule has 1 unspecified atom stereocenters. The summed E-state index contributed by atoms with van der Waals surface area (Å²) in [5.74, 6) is -0.157. The van der Waals surface area contributed by atoms with Gasteiger partial charge < -0.3 is 15.0 Å². The van der Waals surface area contributed by atoms with E-state index in [0.717, 1.165) is 50.9 Å². The minimum atomic E-state index is -0.157. The van der Waals surface area contributed by atoms with E-state index in [0.29, 0.717) is 0 Å². The quantitative estimate of drug-likeness (QED) is 0.835. The molecule has 116 valence electrons. The van der Waals surface area contributed by atoms with Crippen LogP contribution in [0.25, 0.3) is 0 Å². The molecule has 0 radical (unpaired) electrons. The summed E-state index contributed by atoms with van der Waals surface area (Å²) in [5, 5.41) is 3.65. The lowest BCUT2D eigenvalue weighted by Gasteiger charge is -2.32. The summed E-state index contributed by atoms with van der Waals surface area (Å²) in [4.78, 5) is 2.29. The molecule has 1 heterocycles. The van der Waals surface area contributed by atoms with E-state index in [1.807, 2.05) is 6.07 Å². The summed E-state index contributed by atoms with van der Waals surface area (Å²) in [6.07, 6.45) is 3.74. The molecule has 2 aliphatic rings. The van der Waals surface area contributed by atoms with E-state index >= 15 is 0 Å². The largest absolute Gasteiger partial charge is 0.381 e. The van der Waals surface area contributed by atoms with Gasteiger partial charge in [0.15, 0.2) is 0 Å². The lowest BCUT2D eigenvalue weighted by atomic mass is 9.86. The van der Waals surface area contributed by atoms with Crippen molar-refractivity contribution < 1.29 is 9.13 Å². The summed E-state index contributed by atoms with van der Waals surface area (Å²) in [7, 11) is 2.11. The molecule has 3 nitrogen and oxygen atoms in total. The fraction of sp³-hybridized carbons (Fsp3) is 0.647. The molecule has 1 saturated carbocycles. The first kappa shape index (κ1) is 14.9. The molecule has 3 rings (SSSR count). The summed E-state index contributed by atoms with van der Waals surface area (Å²) < 4.78 is 18.9. The summed E-state index contributed by atoms with van der Waals surface area (Å²) in [6, 6.07) is 7.61. The lowest BCUT2D eigenvalue weighted by molar-refractivity contribution is 0.116. The number of rotatable bonds is 7. The van der Waals surface area contributed by atoms with Crippen LogP contribution in [0.5, 0.6) is 0 Å². The highest BCUT2D eigenvalue weighted by Crippen LogP contribution is 2.31. The molecular formula is C17H25FN2O. The predicted molar refractivity (Wildman–Crippen MR) is 81.6 cm³/mol. The van der Waals surface area contributed by atoms with Crippen molar-refractivity contribution in [3.8, 4) is 0 Å². The monoisotopic (exact) mass is 292 g/mol. The molecule has 0 bridgehead atoms. The van der Waals surface area contributed by atoms with Gasteiger partial charge in [-0.1, -0.05) is 12.1 Å². The highest BCUT2D eigenvalue weighted by Gasteiger charge is 2.37. The molecule has 1 aliphatic carbocycles. The van der Waals surface area contributed by atoms with E-state index in [2.05, 4.69) is 17.3 Å². The average molecular weight is 292 g/mol. The fourth-order valence-corrected chi connectivity index (χ4v) is 3.19. The summed E-state index contributed by atoms with van der Waals surface area (Å²) >= 11 is 0. The molecule has 1 atom stereocenters. The van der Waals surface area contributed by atoms with Crippen molar-refractivity contribution in [2.45, 2.75) is 31.8 Å². The van der Waals surface area contributed by atoms with Gasteiger partial charge in [-0.2, -0.15) is 0 Å². The van der Waals surface area contributed by atoms with Gasteiger partial charge >= 0.3 is 0 Å². The fourth-order valence-electron chi connectivity index (χ4n) is 3.19. The van der Waals surface area contributed by atoms with Crippen molar-refractivity contribution in [3.05, 3.63) is 35.6 Å². The average Bonchev–Trinajstić information content (AvgIpc) is 3.17. The maximum Gasteiger partial charge on any atom is 0.123 e. The number of ether oxygens (including phenoxy) is 1. The predicted octanol–water partition coefficient (Wildman–Crippen LogP) is 2.42. The first-order chi connectivity index (χ1) is 10.2. The molecule has 2 fully saturated rings. The van der Waals surface area contributed by atoms with E-state index in [4.69, 9.17) is 4.74 Å². The maximum atomic E-state index is 13.3. The minimum Gasteiger partial charge on any atom is -0.381 e. The second-order valence-corrected chi connectivity index (χ2v) is 6.76. The normalized spacial score (nSPS) is 25.7. The molecule has 1 aromatic carbocycles. The van der Waals surface area contributed by atoms with Gasteiger partial charge in [0.2, 0.25) is 0 Å². The van der Waals surface area contributed by atoms with E-state index in [-0.39, 0.29) is 11.2 Å². The molecule has 0 amide bonds. The Kier molecular flexibility index (Phi) is 4.57. The zero-order valence-corrected chi connectivity index (χ0v) is 12.8. The molecule has 21 heavy (non-hydrogen) atoms. The second-order valence-electron chi connectivity index (χ2n) is 6.76. The van der Waals surface area contributed by atoms with Crippen molar-refractivity contribution in [2.75, 3.05) is 33.4 Å². The third-order valence-corrected chi connectivity index (χ3v) is 4.47. The molecule has 0 spiro atoms. The van der Waals surface area contributed by atoms with Crippen LogP contribution in [-0.2, 0) is 11.3 Å². The molecule has 0 aromatic heterocycles. The number of nitrogens with one attached hydrogen (secondary N) is 1. The highest BCUT2D eigenvalue weighted by atomic mass is 19.1. The number of hydrogen-bond acceptors (Lipinski definition) is 3. The van der Waals surface area contributed by atoms with Crippen LogP contribution in [0.3, 0.4) is 0 Å². The Balaban J connectivity index is 1.56. The molecular weight excluding hydrogens is 267 g/mol. The van der Waals surface area contributed by atoms with Gasteiger partial charge in [-0.05, 0) is 44.0 Å². The maximum absolute atomic E-state index is 13.3. The van der Waals surface area contributed by atoms with Crippen molar-refractivity contribution >= 4 is 0 Å². The Bertz CT molecular complexity index is 470. The van der Waals surface area contributed by atoms with Crippen LogP contribution in [-0.4, -0.2) is 44.3 Å². The summed E-state index contributed by atoms with van der Waals surface area (Å²) in [6.45, 7) is 4.50. The van der Waals surface area contributed by atoms with Gasteiger partial charge in [-0.3, -0.25) is 0 Å². The van der Waals surface area contributed by atoms with Crippen LogP contribution in [0.15, 0.2) is 24.3 Å². The number of hydrogen-bond donors (Lipinski definition) is 1.